The van der Waals surface area contributed by atoms with E-state index in [-0.39, 0.29) is 21.8 Å². The van der Waals surface area contributed by atoms with Crippen LogP contribution in [0.4, 0.5) is 0 Å². The molecule has 0 amide bonds. The Kier molecular flexibility index (Phi) is 5.46. The van der Waals surface area contributed by atoms with Crippen molar-refractivity contribution in [3.63, 3.8) is 0 Å². The van der Waals surface area contributed by atoms with Crippen molar-refractivity contribution in [2.24, 2.45) is 12.0 Å². The summed E-state index contributed by atoms with van der Waals surface area (Å²) in [6.45, 7) is 1.42. The van der Waals surface area contributed by atoms with Gasteiger partial charge in [0.25, 0.3) is 5.56 Å². The third-order valence-electron chi connectivity index (χ3n) is 3.45. The van der Waals surface area contributed by atoms with Gasteiger partial charge in [-0.25, -0.2) is 0 Å². The molecule has 1 aromatic heterocycles. The minimum Gasteiger partial charge on any atom is -0.494 e. The third kappa shape index (κ3) is 3.75. The lowest BCUT2D eigenvalue weighted by molar-refractivity contribution is -0.856. The maximum atomic E-state index is 12.7. The molecule has 7 heteroatoms. The van der Waals surface area contributed by atoms with Gasteiger partial charge in [-0.2, -0.15) is 0 Å². The number of aromatic hydroxyl groups is 1. The van der Waals surface area contributed by atoms with Gasteiger partial charge in [0, 0.05) is 13.3 Å². The molecule has 0 fully saturated rings. The highest BCUT2D eigenvalue weighted by molar-refractivity contribution is 7.71. The third-order valence-corrected chi connectivity index (χ3v) is 3.90. The zero-order valence-corrected chi connectivity index (χ0v) is 14.3. The number of aromatic nitrogens is 2. The number of aliphatic imine (C=N–C) groups is 1. The number of quaternary nitrogens is 1. The summed E-state index contributed by atoms with van der Waals surface area (Å²) < 4.78 is 3.03. The van der Waals surface area contributed by atoms with Crippen molar-refractivity contribution in [2.75, 3.05) is 27.2 Å². The minimum absolute atomic E-state index is 0.138. The fourth-order valence-corrected chi connectivity index (χ4v) is 2.36. The molecule has 0 unspecified atom stereocenters. The van der Waals surface area contributed by atoms with E-state index < -0.39 is 0 Å². The van der Waals surface area contributed by atoms with E-state index in [0.717, 1.165) is 6.54 Å². The first kappa shape index (κ1) is 17.1. The van der Waals surface area contributed by atoms with E-state index in [1.54, 1.807) is 19.2 Å². The summed E-state index contributed by atoms with van der Waals surface area (Å²) in [5.41, 5.74) is 0.418. The van der Waals surface area contributed by atoms with Crippen LogP contribution in [0.5, 0.6) is 5.88 Å². The van der Waals surface area contributed by atoms with Crippen molar-refractivity contribution in [3.8, 4) is 11.6 Å². The topological polar surface area (TPSA) is 64.0 Å². The van der Waals surface area contributed by atoms with Crippen LogP contribution >= 0.6 is 12.2 Å². The van der Waals surface area contributed by atoms with E-state index in [9.17, 15) is 9.90 Å². The number of hydrogen-bond donors (Lipinski definition) is 2. The number of nitrogens with zero attached hydrogens (tertiary/aromatic N) is 3. The maximum Gasteiger partial charge on any atom is 0.271 e. The second kappa shape index (κ2) is 7.34. The van der Waals surface area contributed by atoms with E-state index in [1.165, 1.54) is 20.2 Å². The highest BCUT2D eigenvalue weighted by Crippen LogP contribution is 2.14. The highest BCUT2D eigenvalue weighted by atomic mass is 32.1. The summed E-state index contributed by atoms with van der Waals surface area (Å²) >= 11 is 5.30. The van der Waals surface area contributed by atoms with Crippen molar-refractivity contribution in [3.05, 3.63) is 51.0 Å². The standard InChI is InChI=1S/C16H20N4O2S/c1-18(2)10-9-17-11-13-14(21)19(3)16(23)20(15(13)22)12-7-5-4-6-8-12/h4-8,11,21H,9-10H2,1-3H3/p+1. The lowest BCUT2D eigenvalue weighted by atomic mass is 10.3. The van der Waals surface area contributed by atoms with Crippen LogP contribution in [-0.4, -0.2) is 47.6 Å². The van der Waals surface area contributed by atoms with Gasteiger partial charge in [-0.05, 0) is 24.4 Å². The molecular formula is C16H21N4O2S+. The molecule has 0 bridgehead atoms. The summed E-state index contributed by atoms with van der Waals surface area (Å²) in [5.74, 6) is -0.173. The average molecular weight is 333 g/mol. The van der Waals surface area contributed by atoms with E-state index in [2.05, 4.69) is 4.99 Å². The molecule has 0 saturated heterocycles. The second-order valence-electron chi connectivity index (χ2n) is 5.55. The van der Waals surface area contributed by atoms with Gasteiger partial charge in [-0.3, -0.25) is 18.9 Å². The SMILES string of the molecule is Cn1c(O)c(C=NCC[NH+](C)C)c(=O)n(-c2ccccc2)c1=S. The van der Waals surface area contributed by atoms with Crippen LogP contribution in [0.1, 0.15) is 5.56 Å². The largest absolute Gasteiger partial charge is 0.494 e. The molecule has 0 radical (unpaired) electrons. The normalized spacial score (nSPS) is 11.5. The Balaban J connectivity index is 2.54. The Morgan fingerprint density at radius 1 is 1.30 bits per heavy atom. The van der Waals surface area contributed by atoms with Crippen LogP contribution in [0, 0.1) is 4.77 Å². The number of hydrogen-bond acceptors (Lipinski definition) is 4. The smallest absolute Gasteiger partial charge is 0.271 e. The van der Waals surface area contributed by atoms with E-state index in [1.807, 2.05) is 32.3 Å². The van der Waals surface area contributed by atoms with Crippen molar-refractivity contribution >= 4 is 18.4 Å². The first-order valence-corrected chi connectivity index (χ1v) is 7.73. The number of rotatable bonds is 5. The Bertz CT molecular complexity index is 822. The zero-order chi connectivity index (χ0) is 17.0. The second-order valence-corrected chi connectivity index (χ2v) is 5.91. The molecular weight excluding hydrogens is 312 g/mol. The Labute approximate surface area is 140 Å². The zero-order valence-electron chi connectivity index (χ0n) is 13.5. The van der Waals surface area contributed by atoms with Crippen molar-refractivity contribution < 1.29 is 10.0 Å². The molecule has 1 heterocycles. The number of para-hydroxylation sites is 1. The monoisotopic (exact) mass is 333 g/mol. The van der Waals surface area contributed by atoms with Crippen LogP contribution in [0.15, 0.2) is 40.1 Å². The van der Waals surface area contributed by atoms with E-state index >= 15 is 0 Å². The van der Waals surface area contributed by atoms with Gasteiger partial charge in [0.15, 0.2) is 4.77 Å². The molecule has 2 N–H and O–H groups in total. The predicted octanol–water partition coefficient (Wildman–Crippen LogP) is 0.174. The van der Waals surface area contributed by atoms with Crippen LogP contribution in [0.3, 0.4) is 0 Å². The Hall–Kier alpha value is -2.25. The molecule has 122 valence electrons. The molecule has 1 aromatic carbocycles. The quantitative estimate of drug-likeness (QED) is 0.606. The molecule has 0 spiro atoms. The summed E-state index contributed by atoms with van der Waals surface area (Å²) in [4.78, 5) is 18.2. The first-order valence-electron chi connectivity index (χ1n) is 7.32. The van der Waals surface area contributed by atoms with Gasteiger partial charge >= 0.3 is 0 Å². The average Bonchev–Trinajstić information content (AvgIpc) is 2.53. The predicted molar refractivity (Wildman–Crippen MR) is 93.6 cm³/mol. The fraction of sp³-hybridized carbons (Fsp3) is 0.312. The summed E-state index contributed by atoms with van der Waals surface area (Å²) in [5, 5.41) is 10.2. The summed E-state index contributed by atoms with van der Waals surface area (Å²) in [6.07, 6.45) is 1.43. The molecule has 2 aromatic rings. The van der Waals surface area contributed by atoms with Crippen molar-refractivity contribution in [1.29, 1.82) is 0 Å². The summed E-state index contributed by atoms with van der Waals surface area (Å²) in [6, 6.07) is 9.12. The minimum atomic E-state index is -0.377. The Morgan fingerprint density at radius 2 is 1.96 bits per heavy atom. The molecule has 0 aliphatic rings. The van der Waals surface area contributed by atoms with Crippen molar-refractivity contribution in [1.82, 2.24) is 9.13 Å². The first-order chi connectivity index (χ1) is 10.9. The maximum absolute atomic E-state index is 12.7. The van der Waals surface area contributed by atoms with Gasteiger partial charge < -0.3 is 10.0 Å². The molecule has 2 rings (SSSR count). The summed E-state index contributed by atoms with van der Waals surface area (Å²) in [7, 11) is 5.68. The lowest BCUT2D eigenvalue weighted by Crippen LogP contribution is -3.06. The lowest BCUT2D eigenvalue weighted by Gasteiger charge is -2.13. The molecule has 0 atom stereocenters. The van der Waals surface area contributed by atoms with Crippen LogP contribution < -0.4 is 10.5 Å². The van der Waals surface area contributed by atoms with Crippen LogP contribution in [-0.2, 0) is 7.05 Å². The fourth-order valence-electron chi connectivity index (χ4n) is 2.09. The molecule has 23 heavy (non-hydrogen) atoms. The van der Waals surface area contributed by atoms with Gasteiger partial charge in [-0.15, -0.1) is 0 Å². The van der Waals surface area contributed by atoms with Crippen LogP contribution in [0.2, 0.25) is 0 Å². The molecule has 0 saturated carbocycles. The molecule has 0 aliphatic heterocycles. The van der Waals surface area contributed by atoms with E-state index in [0.29, 0.717) is 12.2 Å². The number of benzene rings is 1. The van der Waals surface area contributed by atoms with Gasteiger partial charge in [0.2, 0.25) is 5.88 Å². The number of likely N-dealkylation sites (N-methyl/N-ethyl adjacent to an activating group) is 1. The highest BCUT2D eigenvalue weighted by Gasteiger charge is 2.14. The van der Waals surface area contributed by atoms with Crippen LogP contribution in [0.25, 0.3) is 5.69 Å². The van der Waals surface area contributed by atoms with Crippen molar-refractivity contribution in [2.45, 2.75) is 0 Å². The Morgan fingerprint density at radius 3 is 2.57 bits per heavy atom. The van der Waals surface area contributed by atoms with Gasteiger partial charge in [-0.1, -0.05) is 18.2 Å². The molecule has 0 aliphatic carbocycles. The number of nitrogens with one attached hydrogen (secondary N) is 1. The van der Waals surface area contributed by atoms with Gasteiger partial charge in [0.05, 0.1) is 32.9 Å². The van der Waals surface area contributed by atoms with E-state index in [4.69, 9.17) is 12.2 Å². The molecule has 6 nitrogen and oxygen atoms in total. The van der Waals surface area contributed by atoms with Gasteiger partial charge in [0.1, 0.15) is 5.56 Å².